The predicted molar refractivity (Wildman–Crippen MR) is 88.4 cm³/mol. The molecule has 0 fully saturated rings. The van der Waals surface area contributed by atoms with Crippen molar-refractivity contribution >= 4 is 23.2 Å². The highest BCUT2D eigenvalue weighted by Crippen LogP contribution is 2.24. The second-order valence-electron chi connectivity index (χ2n) is 5.04. The Labute approximate surface area is 142 Å². The molecule has 0 aliphatic heterocycles. The van der Waals surface area contributed by atoms with E-state index >= 15 is 0 Å². The van der Waals surface area contributed by atoms with Gasteiger partial charge in [-0.05, 0) is 29.8 Å². The maximum atomic E-state index is 12.8. The number of anilines is 1. The van der Waals surface area contributed by atoms with Crippen LogP contribution in [0.4, 0.5) is 15.8 Å². The Kier molecular flexibility index (Phi) is 5.62. The van der Waals surface area contributed by atoms with Gasteiger partial charge in [0.15, 0.2) is 0 Å². The number of rotatable bonds is 5. The lowest BCUT2D eigenvalue weighted by atomic mass is 10.1. The maximum Gasteiger partial charge on any atom is 0.293 e. The monoisotopic (exact) mass is 346 g/mol. The summed E-state index contributed by atoms with van der Waals surface area (Å²) in [6.07, 6.45) is -0.0562. The normalized spacial score (nSPS) is 10.0. The molecule has 3 N–H and O–H groups in total. The fourth-order valence-electron chi connectivity index (χ4n) is 2.07. The molecular formula is C16H15FN4O4. The van der Waals surface area contributed by atoms with E-state index in [1.165, 1.54) is 43.4 Å². The van der Waals surface area contributed by atoms with E-state index < -0.39 is 22.6 Å². The minimum atomic E-state index is -0.696. The number of nitro groups is 1. The SMILES string of the molecule is CNc1ccc(C(=O)NNC(=O)Cc2ccc(F)cc2)cc1[N+](=O)[O-]. The van der Waals surface area contributed by atoms with Gasteiger partial charge in [-0.25, -0.2) is 4.39 Å². The molecule has 2 aromatic rings. The summed E-state index contributed by atoms with van der Waals surface area (Å²) in [4.78, 5) is 34.1. The van der Waals surface area contributed by atoms with Crippen molar-refractivity contribution in [1.29, 1.82) is 0 Å². The van der Waals surface area contributed by atoms with Crippen molar-refractivity contribution in [2.45, 2.75) is 6.42 Å². The zero-order valence-electron chi connectivity index (χ0n) is 13.2. The van der Waals surface area contributed by atoms with Gasteiger partial charge < -0.3 is 5.32 Å². The number of hydrogen-bond acceptors (Lipinski definition) is 5. The summed E-state index contributed by atoms with van der Waals surface area (Å²) in [5.41, 5.74) is 4.98. The number of halogens is 1. The largest absolute Gasteiger partial charge is 0.383 e. The third-order valence-corrected chi connectivity index (χ3v) is 3.32. The summed E-state index contributed by atoms with van der Waals surface area (Å²) in [6.45, 7) is 0. The van der Waals surface area contributed by atoms with Gasteiger partial charge in [0.2, 0.25) is 5.91 Å². The number of nitrogens with one attached hydrogen (secondary N) is 3. The molecule has 0 aliphatic carbocycles. The molecule has 8 nitrogen and oxygen atoms in total. The second kappa shape index (κ2) is 7.86. The third-order valence-electron chi connectivity index (χ3n) is 3.32. The quantitative estimate of drug-likeness (QED) is 0.564. The molecule has 0 unspecified atom stereocenters. The lowest BCUT2D eigenvalue weighted by Crippen LogP contribution is -2.42. The van der Waals surface area contributed by atoms with Crippen molar-refractivity contribution in [3.63, 3.8) is 0 Å². The van der Waals surface area contributed by atoms with E-state index in [1.54, 1.807) is 0 Å². The Hall–Kier alpha value is -3.49. The van der Waals surface area contributed by atoms with Crippen molar-refractivity contribution in [1.82, 2.24) is 10.9 Å². The van der Waals surface area contributed by atoms with Crippen LogP contribution in [-0.2, 0) is 11.2 Å². The molecule has 0 radical (unpaired) electrons. The van der Waals surface area contributed by atoms with Crippen LogP contribution in [0.25, 0.3) is 0 Å². The van der Waals surface area contributed by atoms with E-state index in [9.17, 15) is 24.1 Å². The van der Waals surface area contributed by atoms with Crippen LogP contribution in [-0.4, -0.2) is 23.8 Å². The highest BCUT2D eigenvalue weighted by Gasteiger charge is 2.17. The van der Waals surface area contributed by atoms with Gasteiger partial charge in [0.05, 0.1) is 11.3 Å². The van der Waals surface area contributed by atoms with Crippen molar-refractivity contribution in [2.75, 3.05) is 12.4 Å². The molecule has 2 amide bonds. The topological polar surface area (TPSA) is 113 Å². The highest BCUT2D eigenvalue weighted by molar-refractivity contribution is 5.96. The van der Waals surface area contributed by atoms with E-state index in [2.05, 4.69) is 16.2 Å². The van der Waals surface area contributed by atoms with Crippen LogP contribution < -0.4 is 16.2 Å². The van der Waals surface area contributed by atoms with Crippen LogP contribution >= 0.6 is 0 Å². The summed E-state index contributed by atoms with van der Waals surface area (Å²) in [5.74, 6) is -1.62. The van der Waals surface area contributed by atoms with E-state index in [0.717, 1.165) is 6.07 Å². The minimum Gasteiger partial charge on any atom is -0.383 e. The van der Waals surface area contributed by atoms with Crippen LogP contribution in [0.5, 0.6) is 0 Å². The number of nitro benzene ring substituents is 1. The van der Waals surface area contributed by atoms with Crippen LogP contribution in [0.2, 0.25) is 0 Å². The zero-order valence-corrected chi connectivity index (χ0v) is 13.2. The number of carbonyl (C=O) groups is 2. The number of hydrogen-bond donors (Lipinski definition) is 3. The first-order valence-corrected chi connectivity index (χ1v) is 7.20. The Morgan fingerprint density at radius 2 is 1.80 bits per heavy atom. The van der Waals surface area contributed by atoms with E-state index in [4.69, 9.17) is 0 Å². The number of carbonyl (C=O) groups excluding carboxylic acids is 2. The van der Waals surface area contributed by atoms with Crippen LogP contribution in [0.15, 0.2) is 42.5 Å². The predicted octanol–water partition coefficient (Wildman–Crippen LogP) is 1.78. The summed E-state index contributed by atoms with van der Waals surface area (Å²) in [5, 5.41) is 13.6. The Morgan fingerprint density at radius 3 is 2.40 bits per heavy atom. The van der Waals surface area contributed by atoms with Crippen molar-refractivity contribution in [3.05, 3.63) is 69.5 Å². The van der Waals surface area contributed by atoms with Crippen molar-refractivity contribution in [2.24, 2.45) is 0 Å². The fraction of sp³-hybridized carbons (Fsp3) is 0.125. The smallest absolute Gasteiger partial charge is 0.293 e. The van der Waals surface area contributed by atoms with E-state index in [0.29, 0.717) is 5.56 Å². The van der Waals surface area contributed by atoms with Crippen LogP contribution in [0, 0.1) is 15.9 Å². The number of nitrogens with zero attached hydrogens (tertiary/aromatic N) is 1. The van der Waals surface area contributed by atoms with E-state index in [1.807, 2.05) is 0 Å². The standard InChI is InChI=1S/C16H15FN4O4/c1-18-13-7-4-11(9-14(13)21(24)25)16(23)20-19-15(22)8-10-2-5-12(17)6-3-10/h2-7,9,18H,8H2,1H3,(H,19,22)(H,20,23). The Balaban J connectivity index is 1.97. The van der Waals surface area contributed by atoms with Crippen molar-refractivity contribution < 1.29 is 18.9 Å². The first-order valence-electron chi connectivity index (χ1n) is 7.20. The molecule has 0 aliphatic rings. The van der Waals surface area contributed by atoms with Gasteiger partial charge in [-0.15, -0.1) is 0 Å². The first-order chi connectivity index (χ1) is 11.9. The molecule has 25 heavy (non-hydrogen) atoms. The van der Waals surface area contributed by atoms with Crippen LogP contribution in [0.1, 0.15) is 15.9 Å². The van der Waals surface area contributed by atoms with Gasteiger partial charge in [-0.2, -0.15) is 0 Å². The number of hydrazine groups is 1. The fourth-order valence-corrected chi connectivity index (χ4v) is 2.07. The van der Waals surface area contributed by atoms with Gasteiger partial charge in [-0.1, -0.05) is 12.1 Å². The Bertz CT molecular complexity index is 808. The first kappa shape index (κ1) is 17.9. The molecule has 0 bridgehead atoms. The molecule has 9 heteroatoms. The highest BCUT2D eigenvalue weighted by atomic mass is 19.1. The lowest BCUT2D eigenvalue weighted by molar-refractivity contribution is -0.384. The van der Waals surface area contributed by atoms with E-state index in [-0.39, 0.29) is 23.4 Å². The third kappa shape index (κ3) is 4.74. The number of amides is 2. The molecule has 2 rings (SSSR count). The van der Waals surface area contributed by atoms with Crippen molar-refractivity contribution in [3.8, 4) is 0 Å². The minimum absolute atomic E-state index is 0.0211. The zero-order chi connectivity index (χ0) is 18.4. The second-order valence-corrected chi connectivity index (χ2v) is 5.04. The molecular weight excluding hydrogens is 331 g/mol. The molecule has 0 spiro atoms. The summed E-state index contributed by atoms with van der Waals surface area (Å²) < 4.78 is 12.8. The molecule has 0 aromatic heterocycles. The van der Waals surface area contributed by atoms with Gasteiger partial charge in [-0.3, -0.25) is 30.6 Å². The Morgan fingerprint density at radius 1 is 1.12 bits per heavy atom. The summed E-state index contributed by atoms with van der Waals surface area (Å²) in [7, 11) is 1.53. The molecule has 0 atom stereocenters. The van der Waals surface area contributed by atoms with Gasteiger partial charge in [0, 0.05) is 18.7 Å². The molecule has 0 saturated heterocycles. The van der Waals surface area contributed by atoms with Gasteiger partial charge >= 0.3 is 0 Å². The number of benzene rings is 2. The molecule has 0 heterocycles. The van der Waals surface area contributed by atoms with Gasteiger partial charge in [0.1, 0.15) is 11.5 Å². The average molecular weight is 346 g/mol. The average Bonchev–Trinajstić information content (AvgIpc) is 2.61. The molecule has 0 saturated carbocycles. The van der Waals surface area contributed by atoms with Gasteiger partial charge in [0.25, 0.3) is 11.6 Å². The summed E-state index contributed by atoms with van der Waals surface area (Å²) >= 11 is 0. The maximum absolute atomic E-state index is 12.8. The summed E-state index contributed by atoms with van der Waals surface area (Å²) in [6, 6.07) is 9.25. The molecule has 130 valence electrons. The molecule has 2 aromatic carbocycles. The van der Waals surface area contributed by atoms with Crippen LogP contribution in [0.3, 0.4) is 0 Å². The lowest BCUT2D eigenvalue weighted by Gasteiger charge is -2.08.